The molecule has 0 bridgehead atoms. The van der Waals surface area contributed by atoms with Crippen molar-refractivity contribution in [3.63, 3.8) is 0 Å². The molecule has 1 heterocycles. The molecule has 3 heteroatoms. The summed E-state index contributed by atoms with van der Waals surface area (Å²) in [5.74, 6) is 0.700. The van der Waals surface area contributed by atoms with E-state index in [1.807, 2.05) is 66.7 Å². The molecular weight excluding hydrogens is 472 g/mol. The Balaban J connectivity index is 1.58. The van der Waals surface area contributed by atoms with E-state index < -0.39 is 0 Å². The quantitative estimate of drug-likeness (QED) is 0.238. The maximum absolute atomic E-state index is 6.63. The van der Waals surface area contributed by atoms with Crippen LogP contribution in [0.1, 0.15) is 0 Å². The van der Waals surface area contributed by atoms with Crippen molar-refractivity contribution >= 4 is 11.6 Å². The van der Waals surface area contributed by atoms with Crippen LogP contribution in [0.25, 0.3) is 56.2 Å². The second-order valence-electron chi connectivity index (χ2n) is 8.77. The number of rotatable bonds is 5. The summed E-state index contributed by atoms with van der Waals surface area (Å²) in [5.41, 5.74) is 9.12. The van der Waals surface area contributed by atoms with E-state index in [4.69, 9.17) is 21.6 Å². The van der Waals surface area contributed by atoms with E-state index in [2.05, 4.69) is 72.8 Å². The maximum atomic E-state index is 6.63. The van der Waals surface area contributed by atoms with Gasteiger partial charge in [0.15, 0.2) is 5.82 Å². The Labute approximate surface area is 221 Å². The highest BCUT2D eigenvalue weighted by Gasteiger charge is 2.16. The molecule has 0 saturated heterocycles. The van der Waals surface area contributed by atoms with Crippen molar-refractivity contribution in [2.75, 3.05) is 0 Å². The van der Waals surface area contributed by atoms with Crippen LogP contribution >= 0.6 is 11.6 Å². The second kappa shape index (κ2) is 10.2. The monoisotopic (exact) mass is 494 g/mol. The lowest BCUT2D eigenvalue weighted by molar-refractivity contribution is 1.18. The molecular formula is C34H23ClN2. The predicted molar refractivity (Wildman–Crippen MR) is 154 cm³/mol. The van der Waals surface area contributed by atoms with Crippen molar-refractivity contribution in [1.29, 1.82) is 0 Å². The molecule has 1 aromatic heterocycles. The van der Waals surface area contributed by atoms with Gasteiger partial charge in [-0.2, -0.15) is 0 Å². The third-order valence-corrected chi connectivity index (χ3v) is 6.74. The SMILES string of the molecule is Clc1ccccc1-c1ccccc1-c1ccccc1-c1cc(-c2ccccc2)nc(-c2ccccc2)n1. The Bertz CT molecular complexity index is 1620. The fourth-order valence-electron chi connectivity index (χ4n) is 4.63. The molecule has 0 amide bonds. The van der Waals surface area contributed by atoms with Crippen LogP contribution in [0.5, 0.6) is 0 Å². The Morgan fingerprint density at radius 1 is 0.378 bits per heavy atom. The lowest BCUT2D eigenvalue weighted by Crippen LogP contribution is -1.97. The molecule has 0 spiro atoms. The minimum atomic E-state index is 0.700. The summed E-state index contributed by atoms with van der Waals surface area (Å²) >= 11 is 6.63. The molecule has 2 nitrogen and oxygen atoms in total. The molecule has 0 saturated carbocycles. The van der Waals surface area contributed by atoms with Gasteiger partial charge >= 0.3 is 0 Å². The number of nitrogens with zero attached hydrogens (tertiary/aromatic N) is 2. The summed E-state index contributed by atoms with van der Waals surface area (Å²) in [4.78, 5) is 10.0. The van der Waals surface area contributed by atoms with Gasteiger partial charge in [0.1, 0.15) is 0 Å². The number of hydrogen-bond donors (Lipinski definition) is 0. The van der Waals surface area contributed by atoms with Crippen molar-refractivity contribution < 1.29 is 0 Å². The smallest absolute Gasteiger partial charge is 0.160 e. The topological polar surface area (TPSA) is 25.8 Å². The average molecular weight is 495 g/mol. The van der Waals surface area contributed by atoms with Crippen molar-refractivity contribution in [3.8, 4) is 56.2 Å². The van der Waals surface area contributed by atoms with Crippen LogP contribution in [-0.2, 0) is 0 Å². The molecule has 0 unspecified atom stereocenters. The zero-order valence-corrected chi connectivity index (χ0v) is 20.8. The van der Waals surface area contributed by atoms with Crippen molar-refractivity contribution in [2.24, 2.45) is 0 Å². The fraction of sp³-hybridized carbons (Fsp3) is 0. The zero-order chi connectivity index (χ0) is 25.0. The van der Waals surface area contributed by atoms with Crippen LogP contribution in [-0.4, -0.2) is 9.97 Å². The van der Waals surface area contributed by atoms with Crippen LogP contribution in [0.3, 0.4) is 0 Å². The highest BCUT2D eigenvalue weighted by atomic mass is 35.5. The van der Waals surface area contributed by atoms with Gasteiger partial charge in [0.2, 0.25) is 0 Å². The summed E-state index contributed by atoms with van der Waals surface area (Å²) < 4.78 is 0. The van der Waals surface area contributed by atoms with Crippen LogP contribution in [0.15, 0.2) is 140 Å². The van der Waals surface area contributed by atoms with E-state index in [0.29, 0.717) is 5.82 Å². The molecule has 5 aromatic carbocycles. The molecule has 176 valence electrons. The molecule has 37 heavy (non-hydrogen) atoms. The summed E-state index contributed by atoms with van der Waals surface area (Å²) in [6.07, 6.45) is 0. The molecule has 0 aliphatic heterocycles. The van der Waals surface area contributed by atoms with Crippen LogP contribution in [0, 0.1) is 0 Å². The first-order valence-electron chi connectivity index (χ1n) is 12.2. The van der Waals surface area contributed by atoms with Crippen LogP contribution in [0.2, 0.25) is 5.02 Å². The van der Waals surface area contributed by atoms with E-state index in [9.17, 15) is 0 Å². The van der Waals surface area contributed by atoms with Crippen molar-refractivity contribution in [3.05, 3.63) is 145 Å². The first-order valence-corrected chi connectivity index (χ1v) is 12.6. The largest absolute Gasteiger partial charge is 0.228 e. The molecule has 0 N–H and O–H groups in total. The van der Waals surface area contributed by atoms with Crippen molar-refractivity contribution in [2.45, 2.75) is 0 Å². The zero-order valence-electron chi connectivity index (χ0n) is 20.1. The summed E-state index contributed by atoms with van der Waals surface area (Å²) in [5, 5.41) is 0.729. The van der Waals surface area contributed by atoms with Crippen molar-refractivity contribution in [1.82, 2.24) is 9.97 Å². The van der Waals surface area contributed by atoms with E-state index in [-0.39, 0.29) is 0 Å². The third-order valence-electron chi connectivity index (χ3n) is 6.41. The minimum absolute atomic E-state index is 0.700. The molecule has 0 aliphatic carbocycles. The molecule has 6 aromatic rings. The number of hydrogen-bond acceptors (Lipinski definition) is 2. The van der Waals surface area contributed by atoms with Gasteiger partial charge in [0.05, 0.1) is 11.4 Å². The Morgan fingerprint density at radius 2 is 0.811 bits per heavy atom. The van der Waals surface area contributed by atoms with Crippen LogP contribution < -0.4 is 0 Å². The van der Waals surface area contributed by atoms with Gasteiger partial charge in [-0.15, -0.1) is 0 Å². The van der Waals surface area contributed by atoms with Gasteiger partial charge in [-0.1, -0.05) is 139 Å². The number of benzene rings is 5. The van der Waals surface area contributed by atoms with Gasteiger partial charge in [0.25, 0.3) is 0 Å². The predicted octanol–water partition coefficient (Wildman–Crippen LogP) is 9.46. The summed E-state index contributed by atoms with van der Waals surface area (Å²) in [6.45, 7) is 0. The molecule has 0 radical (unpaired) electrons. The molecule has 0 aliphatic rings. The lowest BCUT2D eigenvalue weighted by atomic mass is 9.90. The number of halogens is 1. The maximum Gasteiger partial charge on any atom is 0.160 e. The van der Waals surface area contributed by atoms with Gasteiger partial charge in [-0.05, 0) is 28.8 Å². The van der Waals surface area contributed by atoms with E-state index >= 15 is 0 Å². The van der Waals surface area contributed by atoms with Gasteiger partial charge in [-0.3, -0.25) is 0 Å². The second-order valence-corrected chi connectivity index (χ2v) is 9.17. The highest BCUT2D eigenvalue weighted by Crippen LogP contribution is 2.40. The Kier molecular flexibility index (Phi) is 6.33. The van der Waals surface area contributed by atoms with E-state index in [0.717, 1.165) is 55.4 Å². The highest BCUT2D eigenvalue weighted by molar-refractivity contribution is 6.33. The first-order chi connectivity index (χ1) is 18.3. The summed E-state index contributed by atoms with van der Waals surface area (Å²) in [6, 6.07) is 47.2. The summed E-state index contributed by atoms with van der Waals surface area (Å²) in [7, 11) is 0. The standard InChI is InChI=1S/C34H23ClN2/c35-31-22-12-11-20-29(31)27-18-8-7-17-26(27)28-19-9-10-21-30(28)33-23-32(24-13-3-1-4-14-24)36-34(37-33)25-15-5-2-6-16-25/h1-23H. The molecule has 0 fully saturated rings. The van der Waals surface area contributed by atoms with Gasteiger partial charge in [-0.25, -0.2) is 9.97 Å². The van der Waals surface area contributed by atoms with E-state index in [1.54, 1.807) is 0 Å². The normalized spacial score (nSPS) is 10.8. The first kappa shape index (κ1) is 22.9. The third kappa shape index (κ3) is 4.67. The average Bonchev–Trinajstić information content (AvgIpc) is 2.98. The van der Waals surface area contributed by atoms with E-state index in [1.165, 1.54) is 0 Å². The number of aromatic nitrogens is 2. The fourth-order valence-corrected chi connectivity index (χ4v) is 4.87. The molecule has 0 atom stereocenters. The van der Waals surface area contributed by atoms with Crippen LogP contribution in [0.4, 0.5) is 0 Å². The lowest BCUT2D eigenvalue weighted by Gasteiger charge is -2.16. The Hall–Kier alpha value is -4.53. The van der Waals surface area contributed by atoms with Gasteiger partial charge in [0, 0.05) is 27.3 Å². The van der Waals surface area contributed by atoms with Gasteiger partial charge < -0.3 is 0 Å². The Morgan fingerprint density at radius 3 is 1.43 bits per heavy atom. The minimum Gasteiger partial charge on any atom is -0.228 e. The molecule has 6 rings (SSSR count).